The first kappa shape index (κ1) is 23.3. The lowest BCUT2D eigenvalue weighted by molar-refractivity contribution is -0.140. The fourth-order valence-electron chi connectivity index (χ4n) is 3.83. The molecule has 0 saturated heterocycles. The van der Waals surface area contributed by atoms with Gasteiger partial charge in [-0.2, -0.15) is 0 Å². The van der Waals surface area contributed by atoms with E-state index in [-0.39, 0.29) is 18.2 Å². The molecule has 3 aromatic rings. The van der Waals surface area contributed by atoms with E-state index in [4.69, 9.17) is 0 Å². The molecule has 0 aliphatic heterocycles. The molecule has 3 rings (SSSR count). The SMILES string of the molecule is CCNC(=O)[C@H](Cc1ccccc1)N(Cc1ccc(C)cc1)C(=O)Cc1cccc(C)c1. The Hall–Kier alpha value is -3.40. The molecule has 166 valence electrons. The third-order valence-corrected chi connectivity index (χ3v) is 5.53. The Morgan fingerprint density at radius 2 is 1.50 bits per heavy atom. The molecule has 0 aromatic heterocycles. The Balaban J connectivity index is 1.94. The molecule has 4 nitrogen and oxygen atoms in total. The van der Waals surface area contributed by atoms with Crippen molar-refractivity contribution in [3.63, 3.8) is 0 Å². The number of carbonyl (C=O) groups is 2. The lowest BCUT2D eigenvalue weighted by Crippen LogP contribution is -2.50. The van der Waals surface area contributed by atoms with Crippen LogP contribution in [0.3, 0.4) is 0 Å². The quantitative estimate of drug-likeness (QED) is 0.541. The Morgan fingerprint density at radius 3 is 2.16 bits per heavy atom. The molecular formula is C28H32N2O2. The van der Waals surface area contributed by atoms with E-state index < -0.39 is 6.04 Å². The normalized spacial score (nSPS) is 11.6. The molecule has 0 fully saturated rings. The number of benzene rings is 3. The minimum absolute atomic E-state index is 0.0524. The van der Waals surface area contributed by atoms with Gasteiger partial charge >= 0.3 is 0 Å². The van der Waals surface area contributed by atoms with Crippen LogP contribution in [-0.4, -0.2) is 29.3 Å². The molecule has 2 amide bonds. The van der Waals surface area contributed by atoms with Crippen LogP contribution >= 0.6 is 0 Å². The van der Waals surface area contributed by atoms with Crippen molar-refractivity contribution in [3.05, 3.63) is 107 Å². The van der Waals surface area contributed by atoms with E-state index in [2.05, 4.69) is 5.32 Å². The summed E-state index contributed by atoms with van der Waals surface area (Å²) in [5, 5.41) is 2.94. The van der Waals surface area contributed by atoms with Crippen molar-refractivity contribution in [1.82, 2.24) is 10.2 Å². The summed E-state index contributed by atoms with van der Waals surface area (Å²) in [6.07, 6.45) is 0.732. The van der Waals surface area contributed by atoms with Gasteiger partial charge in [-0.25, -0.2) is 0 Å². The fraction of sp³-hybridized carbons (Fsp3) is 0.286. The monoisotopic (exact) mass is 428 g/mol. The van der Waals surface area contributed by atoms with Crippen molar-refractivity contribution in [2.75, 3.05) is 6.54 Å². The largest absolute Gasteiger partial charge is 0.355 e. The molecular weight excluding hydrogens is 396 g/mol. The number of nitrogens with zero attached hydrogens (tertiary/aromatic N) is 1. The summed E-state index contributed by atoms with van der Waals surface area (Å²) < 4.78 is 0. The second-order valence-electron chi connectivity index (χ2n) is 8.27. The zero-order chi connectivity index (χ0) is 22.9. The summed E-state index contributed by atoms with van der Waals surface area (Å²) in [5.74, 6) is -0.176. The highest BCUT2D eigenvalue weighted by Gasteiger charge is 2.30. The van der Waals surface area contributed by atoms with Crippen LogP contribution in [0, 0.1) is 13.8 Å². The molecule has 0 aliphatic carbocycles. The number of hydrogen-bond donors (Lipinski definition) is 1. The average Bonchev–Trinajstić information content (AvgIpc) is 2.78. The van der Waals surface area contributed by atoms with E-state index in [1.165, 1.54) is 0 Å². The predicted octanol–water partition coefficient (Wildman–Crippen LogP) is 4.62. The zero-order valence-corrected chi connectivity index (χ0v) is 19.2. The predicted molar refractivity (Wildman–Crippen MR) is 129 cm³/mol. The highest BCUT2D eigenvalue weighted by molar-refractivity contribution is 5.88. The van der Waals surface area contributed by atoms with Gasteiger partial charge in [-0.05, 0) is 37.5 Å². The van der Waals surface area contributed by atoms with Gasteiger partial charge in [0, 0.05) is 19.5 Å². The number of aryl methyl sites for hydroxylation is 2. The van der Waals surface area contributed by atoms with Crippen LogP contribution in [0.2, 0.25) is 0 Å². The van der Waals surface area contributed by atoms with E-state index in [9.17, 15) is 9.59 Å². The van der Waals surface area contributed by atoms with Gasteiger partial charge in [0.05, 0.1) is 6.42 Å². The van der Waals surface area contributed by atoms with Gasteiger partial charge in [-0.3, -0.25) is 9.59 Å². The summed E-state index contributed by atoms with van der Waals surface area (Å²) in [7, 11) is 0. The Bertz CT molecular complexity index is 1030. The van der Waals surface area contributed by atoms with Gasteiger partial charge in [0.2, 0.25) is 11.8 Å². The van der Waals surface area contributed by atoms with Crippen molar-refractivity contribution < 1.29 is 9.59 Å². The van der Waals surface area contributed by atoms with Gasteiger partial charge in [-0.15, -0.1) is 0 Å². The van der Waals surface area contributed by atoms with Crippen LogP contribution in [0.15, 0.2) is 78.9 Å². The van der Waals surface area contributed by atoms with Gasteiger partial charge < -0.3 is 10.2 Å². The third kappa shape index (κ3) is 6.55. The van der Waals surface area contributed by atoms with E-state index >= 15 is 0 Å². The molecule has 32 heavy (non-hydrogen) atoms. The fourth-order valence-corrected chi connectivity index (χ4v) is 3.83. The molecule has 1 N–H and O–H groups in total. The molecule has 0 spiro atoms. The maximum atomic E-state index is 13.6. The molecule has 0 saturated carbocycles. The van der Waals surface area contributed by atoms with Crippen molar-refractivity contribution in [2.45, 2.75) is 46.2 Å². The Labute approximate surface area is 191 Å². The second-order valence-corrected chi connectivity index (χ2v) is 8.27. The van der Waals surface area contributed by atoms with Crippen LogP contribution in [0.5, 0.6) is 0 Å². The van der Waals surface area contributed by atoms with Crippen LogP contribution in [-0.2, 0) is 29.0 Å². The first-order chi connectivity index (χ1) is 15.5. The number of nitrogens with one attached hydrogen (secondary N) is 1. The summed E-state index contributed by atoms with van der Waals surface area (Å²) in [6.45, 7) is 6.87. The maximum absolute atomic E-state index is 13.6. The number of amides is 2. The Morgan fingerprint density at radius 1 is 0.812 bits per heavy atom. The van der Waals surface area contributed by atoms with Crippen LogP contribution in [0.1, 0.15) is 34.7 Å². The lowest BCUT2D eigenvalue weighted by atomic mass is 10.0. The molecule has 0 radical (unpaired) electrons. The molecule has 0 heterocycles. The first-order valence-corrected chi connectivity index (χ1v) is 11.2. The van der Waals surface area contributed by atoms with Crippen LogP contribution in [0.4, 0.5) is 0 Å². The van der Waals surface area contributed by atoms with E-state index in [1.54, 1.807) is 4.90 Å². The maximum Gasteiger partial charge on any atom is 0.243 e. The number of carbonyl (C=O) groups excluding carboxylic acids is 2. The van der Waals surface area contributed by atoms with E-state index in [0.29, 0.717) is 19.5 Å². The summed E-state index contributed by atoms with van der Waals surface area (Å²) >= 11 is 0. The van der Waals surface area contributed by atoms with Crippen LogP contribution in [0.25, 0.3) is 0 Å². The van der Waals surface area contributed by atoms with Gasteiger partial charge in [-0.1, -0.05) is 90.0 Å². The van der Waals surface area contributed by atoms with E-state index in [1.807, 2.05) is 99.6 Å². The molecule has 0 unspecified atom stereocenters. The standard InChI is InChI=1S/C28H32N2O2/c1-4-29-28(32)26(18-23-10-6-5-7-11-23)30(20-24-15-13-21(2)14-16-24)27(31)19-25-12-8-9-22(3)17-25/h5-17,26H,4,18-20H2,1-3H3,(H,29,32)/t26-/m0/s1. The molecule has 0 aliphatic rings. The number of hydrogen-bond acceptors (Lipinski definition) is 2. The highest BCUT2D eigenvalue weighted by atomic mass is 16.2. The molecule has 4 heteroatoms. The third-order valence-electron chi connectivity index (χ3n) is 5.53. The van der Waals surface area contributed by atoms with Gasteiger partial charge in [0.1, 0.15) is 6.04 Å². The summed E-state index contributed by atoms with van der Waals surface area (Å²) in [6, 6.07) is 25.4. The molecule has 3 aromatic carbocycles. The number of likely N-dealkylation sites (N-methyl/N-ethyl adjacent to an activating group) is 1. The second kappa shape index (κ2) is 11.3. The van der Waals surface area contributed by atoms with Gasteiger partial charge in [0.15, 0.2) is 0 Å². The lowest BCUT2D eigenvalue weighted by Gasteiger charge is -2.31. The Kier molecular flexibility index (Phi) is 8.20. The van der Waals surface area contributed by atoms with Crippen molar-refractivity contribution >= 4 is 11.8 Å². The van der Waals surface area contributed by atoms with Crippen molar-refractivity contribution in [2.24, 2.45) is 0 Å². The summed E-state index contributed by atoms with van der Waals surface area (Å²) in [4.78, 5) is 28.5. The minimum Gasteiger partial charge on any atom is -0.355 e. The highest BCUT2D eigenvalue weighted by Crippen LogP contribution is 2.17. The average molecular weight is 429 g/mol. The van der Waals surface area contributed by atoms with Crippen molar-refractivity contribution in [1.29, 1.82) is 0 Å². The molecule has 1 atom stereocenters. The first-order valence-electron chi connectivity index (χ1n) is 11.2. The van der Waals surface area contributed by atoms with Crippen LogP contribution < -0.4 is 5.32 Å². The minimum atomic E-state index is -0.587. The van der Waals surface area contributed by atoms with Crippen molar-refractivity contribution in [3.8, 4) is 0 Å². The number of rotatable bonds is 9. The zero-order valence-electron chi connectivity index (χ0n) is 19.2. The van der Waals surface area contributed by atoms with E-state index in [0.717, 1.165) is 27.8 Å². The smallest absolute Gasteiger partial charge is 0.243 e. The van der Waals surface area contributed by atoms with Gasteiger partial charge in [0.25, 0.3) is 0 Å². The molecule has 0 bridgehead atoms. The summed E-state index contributed by atoms with van der Waals surface area (Å²) in [5.41, 5.74) is 5.27. The topological polar surface area (TPSA) is 49.4 Å².